The summed E-state index contributed by atoms with van der Waals surface area (Å²) in [4.78, 5) is 0. The molecule has 3 nitrogen and oxygen atoms in total. The highest BCUT2D eigenvalue weighted by molar-refractivity contribution is 6.32. The molecule has 2 atom stereocenters. The van der Waals surface area contributed by atoms with Crippen LogP contribution in [0.15, 0.2) is 18.2 Å². The lowest BCUT2D eigenvalue weighted by Gasteiger charge is -2.21. The molecule has 0 heterocycles. The summed E-state index contributed by atoms with van der Waals surface area (Å²) in [5, 5.41) is 12.5. The third-order valence-electron chi connectivity index (χ3n) is 2.56. The molecule has 86 valence electrons. The second kappa shape index (κ2) is 5.74. The van der Waals surface area contributed by atoms with Crippen molar-refractivity contribution in [1.82, 2.24) is 0 Å². The molecule has 0 aliphatic heterocycles. The van der Waals surface area contributed by atoms with Crippen LogP contribution in [-0.2, 0) is 4.74 Å². The molecule has 1 N–H and O–H groups in total. The van der Waals surface area contributed by atoms with E-state index in [1.54, 1.807) is 19.2 Å². The Morgan fingerprint density at radius 3 is 2.62 bits per heavy atom. The second-order valence-electron chi connectivity index (χ2n) is 3.68. The molecule has 0 amide bonds. The van der Waals surface area contributed by atoms with Gasteiger partial charge in [-0.15, -0.1) is 0 Å². The van der Waals surface area contributed by atoms with Gasteiger partial charge in [0.05, 0.1) is 16.7 Å². The van der Waals surface area contributed by atoms with Gasteiger partial charge in [-0.2, -0.15) is 5.26 Å². The van der Waals surface area contributed by atoms with Crippen molar-refractivity contribution in [3.05, 3.63) is 28.8 Å². The summed E-state index contributed by atoms with van der Waals surface area (Å²) in [5.41, 5.74) is 1.38. The van der Waals surface area contributed by atoms with Crippen LogP contribution in [-0.4, -0.2) is 19.3 Å². The van der Waals surface area contributed by atoms with E-state index >= 15 is 0 Å². The summed E-state index contributed by atoms with van der Waals surface area (Å²) in [7, 11) is 1.68. The van der Waals surface area contributed by atoms with Crippen LogP contribution in [0.1, 0.15) is 19.4 Å². The maximum absolute atomic E-state index is 8.74. The van der Waals surface area contributed by atoms with E-state index in [4.69, 9.17) is 21.6 Å². The number of methoxy groups -OCH3 is 1. The Hall–Kier alpha value is -1.24. The third kappa shape index (κ3) is 3.13. The lowest BCUT2D eigenvalue weighted by molar-refractivity contribution is 0.106. The molecule has 0 aliphatic rings. The molecule has 0 aliphatic carbocycles. The van der Waals surface area contributed by atoms with E-state index in [9.17, 15) is 0 Å². The molecule has 1 rings (SSSR count). The summed E-state index contributed by atoms with van der Waals surface area (Å²) < 4.78 is 5.21. The van der Waals surface area contributed by atoms with E-state index in [0.29, 0.717) is 10.6 Å². The summed E-state index contributed by atoms with van der Waals surface area (Å²) in [6.45, 7) is 4.02. The number of nitrogens with one attached hydrogen (secondary N) is 1. The molecule has 0 saturated heterocycles. The minimum atomic E-state index is 0.106. The number of nitrogens with zero attached hydrogens (tertiary/aromatic N) is 1. The number of benzene rings is 1. The first kappa shape index (κ1) is 12.8. The number of nitriles is 1. The first-order valence-corrected chi connectivity index (χ1v) is 5.45. The van der Waals surface area contributed by atoms with Gasteiger partial charge in [0.25, 0.3) is 0 Å². The van der Waals surface area contributed by atoms with Crippen LogP contribution < -0.4 is 5.32 Å². The first-order valence-electron chi connectivity index (χ1n) is 5.07. The van der Waals surface area contributed by atoms with Gasteiger partial charge in [-0.25, -0.2) is 0 Å². The molecule has 1 aromatic carbocycles. The largest absolute Gasteiger partial charge is 0.380 e. The summed E-state index contributed by atoms with van der Waals surface area (Å²) in [6, 6.07) is 7.49. The van der Waals surface area contributed by atoms with E-state index in [1.807, 2.05) is 26.0 Å². The summed E-state index contributed by atoms with van der Waals surface area (Å²) >= 11 is 5.93. The molecular weight excluding hydrogens is 224 g/mol. The van der Waals surface area contributed by atoms with Gasteiger partial charge >= 0.3 is 0 Å². The maximum Gasteiger partial charge on any atom is 0.101 e. The Balaban J connectivity index is 2.76. The van der Waals surface area contributed by atoms with E-state index in [1.165, 1.54) is 0 Å². The highest BCUT2D eigenvalue weighted by Crippen LogP contribution is 2.21. The van der Waals surface area contributed by atoms with Crippen LogP contribution in [0.25, 0.3) is 0 Å². The van der Waals surface area contributed by atoms with Crippen LogP contribution in [0, 0.1) is 11.3 Å². The number of rotatable bonds is 4. The molecule has 2 unspecified atom stereocenters. The Bertz CT molecular complexity index is 400. The first-order chi connectivity index (χ1) is 7.58. The SMILES string of the molecule is COC(C)C(C)Nc1ccc(C#N)c(Cl)c1. The van der Waals surface area contributed by atoms with Gasteiger partial charge in [-0.3, -0.25) is 0 Å². The number of halogens is 1. The van der Waals surface area contributed by atoms with Gasteiger partial charge in [-0.05, 0) is 32.0 Å². The highest BCUT2D eigenvalue weighted by Gasteiger charge is 2.11. The van der Waals surface area contributed by atoms with Crippen LogP contribution in [0.4, 0.5) is 5.69 Å². The molecule has 0 spiro atoms. The molecule has 0 saturated carbocycles. The van der Waals surface area contributed by atoms with Crippen LogP contribution in [0.2, 0.25) is 5.02 Å². The van der Waals surface area contributed by atoms with Crippen molar-refractivity contribution >= 4 is 17.3 Å². The smallest absolute Gasteiger partial charge is 0.101 e. The number of hydrogen-bond acceptors (Lipinski definition) is 3. The topological polar surface area (TPSA) is 45.0 Å². The van der Waals surface area contributed by atoms with Gasteiger partial charge in [0.15, 0.2) is 0 Å². The fourth-order valence-corrected chi connectivity index (χ4v) is 1.50. The van der Waals surface area contributed by atoms with E-state index in [2.05, 4.69) is 5.32 Å². The van der Waals surface area contributed by atoms with Crippen molar-refractivity contribution in [2.24, 2.45) is 0 Å². The van der Waals surface area contributed by atoms with E-state index in [-0.39, 0.29) is 12.1 Å². The molecule has 16 heavy (non-hydrogen) atoms. The fourth-order valence-electron chi connectivity index (χ4n) is 1.28. The Kier molecular flexibility index (Phi) is 4.60. The Morgan fingerprint density at radius 1 is 1.44 bits per heavy atom. The summed E-state index contributed by atoms with van der Waals surface area (Å²) in [5.74, 6) is 0. The van der Waals surface area contributed by atoms with Gasteiger partial charge in [0, 0.05) is 18.8 Å². The van der Waals surface area contributed by atoms with Crippen molar-refractivity contribution in [1.29, 1.82) is 5.26 Å². The lowest BCUT2D eigenvalue weighted by atomic mass is 10.1. The third-order valence-corrected chi connectivity index (χ3v) is 2.87. The number of ether oxygens (including phenoxy) is 1. The van der Waals surface area contributed by atoms with Gasteiger partial charge in [-0.1, -0.05) is 11.6 Å². The van der Waals surface area contributed by atoms with Gasteiger partial charge in [0.2, 0.25) is 0 Å². The predicted molar refractivity (Wildman–Crippen MR) is 65.7 cm³/mol. The van der Waals surface area contributed by atoms with Crippen LogP contribution in [0.3, 0.4) is 0 Å². The van der Waals surface area contributed by atoms with Crippen LogP contribution in [0.5, 0.6) is 0 Å². The molecule has 0 fully saturated rings. The number of hydrogen-bond donors (Lipinski definition) is 1. The Morgan fingerprint density at radius 2 is 2.12 bits per heavy atom. The molecule has 0 bridgehead atoms. The minimum Gasteiger partial charge on any atom is -0.380 e. The van der Waals surface area contributed by atoms with Crippen molar-refractivity contribution < 1.29 is 4.74 Å². The zero-order chi connectivity index (χ0) is 12.1. The zero-order valence-electron chi connectivity index (χ0n) is 9.62. The van der Waals surface area contributed by atoms with Crippen molar-refractivity contribution in [2.45, 2.75) is 26.0 Å². The second-order valence-corrected chi connectivity index (χ2v) is 4.09. The van der Waals surface area contributed by atoms with Crippen molar-refractivity contribution in [2.75, 3.05) is 12.4 Å². The summed E-state index contributed by atoms with van der Waals surface area (Å²) in [6.07, 6.45) is 0.106. The molecular formula is C12H15ClN2O. The highest BCUT2D eigenvalue weighted by atomic mass is 35.5. The van der Waals surface area contributed by atoms with Crippen molar-refractivity contribution in [3.8, 4) is 6.07 Å². The quantitative estimate of drug-likeness (QED) is 0.877. The Labute approximate surface area is 101 Å². The zero-order valence-corrected chi connectivity index (χ0v) is 10.4. The van der Waals surface area contributed by atoms with Gasteiger partial charge < -0.3 is 10.1 Å². The van der Waals surface area contributed by atoms with Crippen LogP contribution >= 0.6 is 11.6 Å². The van der Waals surface area contributed by atoms with Gasteiger partial charge in [0.1, 0.15) is 6.07 Å². The van der Waals surface area contributed by atoms with E-state index < -0.39 is 0 Å². The number of anilines is 1. The molecule has 4 heteroatoms. The van der Waals surface area contributed by atoms with E-state index in [0.717, 1.165) is 5.69 Å². The average molecular weight is 239 g/mol. The lowest BCUT2D eigenvalue weighted by Crippen LogP contribution is -2.29. The average Bonchev–Trinajstić information content (AvgIpc) is 2.28. The fraction of sp³-hybridized carbons (Fsp3) is 0.417. The van der Waals surface area contributed by atoms with Crippen molar-refractivity contribution in [3.63, 3.8) is 0 Å². The normalized spacial score (nSPS) is 13.9. The molecule has 1 aromatic rings. The molecule has 0 radical (unpaired) electrons. The molecule has 0 aromatic heterocycles. The standard InChI is InChI=1S/C12H15ClN2O/c1-8(9(2)16-3)15-11-5-4-10(7-14)12(13)6-11/h4-6,8-9,15H,1-3H3. The maximum atomic E-state index is 8.74. The predicted octanol–water partition coefficient (Wildman–Crippen LogP) is 3.05. The minimum absolute atomic E-state index is 0.106. The monoisotopic (exact) mass is 238 g/mol.